The number of rotatable bonds is 1. The lowest BCUT2D eigenvalue weighted by molar-refractivity contribution is -0.124. The summed E-state index contributed by atoms with van der Waals surface area (Å²) in [4.78, 5) is 0. The van der Waals surface area contributed by atoms with Gasteiger partial charge in [0, 0.05) is 12.1 Å². The lowest BCUT2D eigenvalue weighted by Gasteiger charge is -2.47. The van der Waals surface area contributed by atoms with Crippen molar-refractivity contribution in [3.05, 3.63) is 23.7 Å². The second-order valence-corrected chi connectivity index (χ2v) is 5.97. The minimum atomic E-state index is 0.00106. The first-order valence-electron chi connectivity index (χ1n) is 7.12. The van der Waals surface area contributed by atoms with Crippen LogP contribution in [-0.2, 0) is 4.74 Å². The highest BCUT2D eigenvalue weighted by molar-refractivity contribution is 5.22. The van der Waals surface area contributed by atoms with Gasteiger partial charge in [0.15, 0.2) is 0 Å². The predicted octanol–water partition coefficient (Wildman–Crippen LogP) is 3.20. The molecule has 2 fully saturated rings. The highest BCUT2D eigenvalue weighted by Crippen LogP contribution is 2.44. The second kappa shape index (κ2) is 4.71. The van der Waals surface area contributed by atoms with Crippen LogP contribution in [0.25, 0.3) is 0 Å². The molecule has 18 heavy (non-hydrogen) atoms. The van der Waals surface area contributed by atoms with Crippen molar-refractivity contribution in [2.24, 2.45) is 5.92 Å². The van der Waals surface area contributed by atoms with E-state index < -0.39 is 0 Å². The molecule has 0 aromatic carbocycles. The van der Waals surface area contributed by atoms with Crippen molar-refractivity contribution in [2.75, 3.05) is 13.2 Å². The molecule has 2 heterocycles. The van der Waals surface area contributed by atoms with E-state index in [1.54, 1.807) is 0 Å². The molecule has 1 N–H and O–H groups in total. The van der Waals surface area contributed by atoms with Crippen molar-refractivity contribution in [1.29, 1.82) is 0 Å². The number of morpholine rings is 1. The van der Waals surface area contributed by atoms with Crippen LogP contribution in [0, 0.1) is 12.8 Å². The number of furan rings is 1. The summed E-state index contributed by atoms with van der Waals surface area (Å²) in [6.45, 7) is 6.12. The Bertz CT molecular complexity index is 404. The van der Waals surface area contributed by atoms with Gasteiger partial charge in [-0.2, -0.15) is 0 Å². The summed E-state index contributed by atoms with van der Waals surface area (Å²) in [6, 6.07) is 2.45. The van der Waals surface area contributed by atoms with Crippen LogP contribution < -0.4 is 5.32 Å². The van der Waals surface area contributed by atoms with Gasteiger partial charge in [-0.15, -0.1) is 0 Å². The Kier molecular flexibility index (Phi) is 3.20. The van der Waals surface area contributed by atoms with Gasteiger partial charge in [-0.3, -0.25) is 0 Å². The minimum Gasteiger partial charge on any atom is -0.469 e. The van der Waals surface area contributed by atoms with Gasteiger partial charge in [-0.25, -0.2) is 0 Å². The van der Waals surface area contributed by atoms with Crippen LogP contribution in [0.3, 0.4) is 0 Å². The quantitative estimate of drug-likeness (QED) is 0.830. The molecular weight excluding hydrogens is 226 g/mol. The summed E-state index contributed by atoms with van der Waals surface area (Å²) in [5.74, 6) is 1.82. The van der Waals surface area contributed by atoms with E-state index in [1.165, 1.54) is 18.4 Å². The Morgan fingerprint density at radius 1 is 1.33 bits per heavy atom. The van der Waals surface area contributed by atoms with Crippen LogP contribution in [-0.4, -0.2) is 18.8 Å². The number of ether oxygens (including phenoxy) is 1. The van der Waals surface area contributed by atoms with E-state index in [1.807, 2.05) is 13.2 Å². The van der Waals surface area contributed by atoms with Crippen molar-refractivity contribution < 1.29 is 9.15 Å². The lowest BCUT2D eigenvalue weighted by Crippen LogP contribution is -2.53. The minimum absolute atomic E-state index is 0.00106. The number of aryl methyl sites for hydroxylation is 1. The summed E-state index contributed by atoms with van der Waals surface area (Å²) in [6.07, 6.45) is 6.76. The maximum Gasteiger partial charge on any atom is 0.101 e. The largest absolute Gasteiger partial charge is 0.469 e. The molecule has 1 aromatic heterocycles. The third-order valence-electron chi connectivity index (χ3n) is 4.57. The highest BCUT2D eigenvalue weighted by Gasteiger charge is 2.45. The topological polar surface area (TPSA) is 34.4 Å². The zero-order valence-electron chi connectivity index (χ0n) is 11.4. The maximum absolute atomic E-state index is 6.23. The number of hydrogen-bond donors (Lipinski definition) is 1. The Morgan fingerprint density at radius 3 is 2.78 bits per heavy atom. The van der Waals surface area contributed by atoms with Crippen molar-refractivity contribution >= 4 is 0 Å². The third-order valence-corrected chi connectivity index (χ3v) is 4.57. The summed E-state index contributed by atoms with van der Waals surface area (Å²) in [7, 11) is 0. The molecule has 2 aliphatic rings. The smallest absolute Gasteiger partial charge is 0.101 e. The molecular formula is C15H23NO2. The zero-order valence-corrected chi connectivity index (χ0v) is 11.4. The average molecular weight is 249 g/mol. The van der Waals surface area contributed by atoms with E-state index in [0.717, 1.165) is 37.7 Å². The molecule has 3 heteroatoms. The fourth-order valence-corrected chi connectivity index (χ4v) is 3.45. The molecule has 1 aliphatic carbocycles. The number of nitrogens with one attached hydrogen (secondary N) is 1. The fourth-order valence-electron chi connectivity index (χ4n) is 3.45. The van der Waals surface area contributed by atoms with Crippen LogP contribution in [0.1, 0.15) is 50.0 Å². The van der Waals surface area contributed by atoms with E-state index in [2.05, 4.69) is 18.3 Å². The molecule has 1 aromatic rings. The zero-order chi connectivity index (χ0) is 12.6. The molecule has 0 amide bonds. The number of hydrogen-bond acceptors (Lipinski definition) is 3. The second-order valence-electron chi connectivity index (χ2n) is 5.97. The van der Waals surface area contributed by atoms with Gasteiger partial charge >= 0.3 is 0 Å². The molecule has 1 saturated heterocycles. The molecule has 1 aliphatic heterocycles. The van der Waals surface area contributed by atoms with Crippen LogP contribution >= 0.6 is 0 Å². The Morgan fingerprint density at radius 2 is 2.11 bits per heavy atom. The standard InChI is InChI=1S/C15H23NO2/c1-11-3-5-15(6-4-11)14(16-7-8-18-15)13-9-12(2)17-10-13/h9-11,14,16H,3-8H2,1-2H3. The van der Waals surface area contributed by atoms with E-state index in [9.17, 15) is 0 Å². The van der Waals surface area contributed by atoms with Gasteiger partial charge in [0.25, 0.3) is 0 Å². The van der Waals surface area contributed by atoms with Crippen molar-refractivity contribution in [1.82, 2.24) is 5.32 Å². The van der Waals surface area contributed by atoms with Gasteiger partial charge in [-0.1, -0.05) is 6.92 Å². The highest BCUT2D eigenvalue weighted by atomic mass is 16.5. The van der Waals surface area contributed by atoms with Gasteiger partial charge in [0.05, 0.1) is 24.5 Å². The summed E-state index contributed by atoms with van der Waals surface area (Å²) in [5, 5.41) is 3.64. The van der Waals surface area contributed by atoms with Crippen LogP contribution in [0.4, 0.5) is 0 Å². The van der Waals surface area contributed by atoms with E-state index in [-0.39, 0.29) is 5.60 Å². The molecule has 3 rings (SSSR count). The first kappa shape index (κ1) is 12.2. The normalized spacial score (nSPS) is 37.0. The van der Waals surface area contributed by atoms with Crippen LogP contribution in [0.2, 0.25) is 0 Å². The fraction of sp³-hybridized carbons (Fsp3) is 0.733. The summed E-state index contributed by atoms with van der Waals surface area (Å²) >= 11 is 0. The van der Waals surface area contributed by atoms with E-state index in [0.29, 0.717) is 6.04 Å². The Hall–Kier alpha value is -0.800. The van der Waals surface area contributed by atoms with E-state index >= 15 is 0 Å². The van der Waals surface area contributed by atoms with Crippen LogP contribution in [0.5, 0.6) is 0 Å². The molecule has 1 atom stereocenters. The average Bonchev–Trinajstić information content (AvgIpc) is 2.80. The van der Waals surface area contributed by atoms with Crippen molar-refractivity contribution in [2.45, 2.75) is 51.2 Å². The SMILES string of the molecule is Cc1cc(C2NCCOC23CCC(C)CC3)co1. The molecule has 100 valence electrons. The van der Waals surface area contributed by atoms with Gasteiger partial charge in [0.1, 0.15) is 5.76 Å². The molecule has 0 radical (unpaired) electrons. The van der Waals surface area contributed by atoms with Gasteiger partial charge in [0.2, 0.25) is 0 Å². The monoisotopic (exact) mass is 249 g/mol. The molecule has 0 bridgehead atoms. The van der Waals surface area contributed by atoms with Gasteiger partial charge < -0.3 is 14.5 Å². The summed E-state index contributed by atoms with van der Waals surface area (Å²) < 4.78 is 11.7. The van der Waals surface area contributed by atoms with Crippen molar-refractivity contribution in [3.63, 3.8) is 0 Å². The van der Waals surface area contributed by atoms with Gasteiger partial charge in [-0.05, 0) is 44.6 Å². The first-order chi connectivity index (χ1) is 8.70. The molecule has 1 spiro atoms. The van der Waals surface area contributed by atoms with Crippen molar-refractivity contribution in [3.8, 4) is 0 Å². The Balaban J connectivity index is 1.86. The lowest BCUT2D eigenvalue weighted by atomic mass is 9.73. The predicted molar refractivity (Wildman–Crippen MR) is 70.5 cm³/mol. The molecule has 1 saturated carbocycles. The van der Waals surface area contributed by atoms with E-state index in [4.69, 9.17) is 9.15 Å². The molecule has 3 nitrogen and oxygen atoms in total. The third kappa shape index (κ3) is 2.10. The summed E-state index contributed by atoms with van der Waals surface area (Å²) in [5.41, 5.74) is 1.25. The Labute approximate surface area is 109 Å². The first-order valence-corrected chi connectivity index (χ1v) is 7.12. The van der Waals surface area contributed by atoms with Crippen LogP contribution in [0.15, 0.2) is 16.7 Å². The molecule has 1 unspecified atom stereocenters. The maximum atomic E-state index is 6.23.